The molecule has 0 spiro atoms. The first kappa shape index (κ1) is 17.2. The first-order valence-electron chi connectivity index (χ1n) is 8.92. The van der Waals surface area contributed by atoms with E-state index in [1.54, 1.807) is 0 Å². The zero-order valence-corrected chi connectivity index (χ0v) is 14.9. The maximum Gasteiger partial charge on any atom is 0.317 e. The number of aromatic nitrogens is 2. The zero-order chi connectivity index (χ0) is 17.1. The summed E-state index contributed by atoms with van der Waals surface area (Å²) in [5.41, 5.74) is 1.04. The standard InChI is InChI=1S/C17H29N5O2/c1-4-22-11-13(10-18-22)16-12-21(7-8-24-16)17(23)19-14-5-6-15(9-14)20(2)3/h10-11,14-16H,4-9,12H2,1-3H3,(H,19,23)/t14-,15-,16-/m0/s1. The lowest BCUT2D eigenvalue weighted by Crippen LogP contribution is -2.49. The number of amides is 2. The van der Waals surface area contributed by atoms with Gasteiger partial charge in [0, 0.05) is 36.9 Å². The minimum atomic E-state index is -0.0806. The molecule has 3 rings (SSSR count). The Hall–Kier alpha value is -1.60. The van der Waals surface area contributed by atoms with Gasteiger partial charge in [0.1, 0.15) is 6.10 Å². The van der Waals surface area contributed by atoms with Crippen LogP contribution in [0.4, 0.5) is 4.79 Å². The average molecular weight is 335 g/mol. The van der Waals surface area contributed by atoms with Crippen LogP contribution in [0.25, 0.3) is 0 Å². The molecule has 7 nitrogen and oxygen atoms in total. The largest absolute Gasteiger partial charge is 0.370 e. The molecule has 1 aliphatic carbocycles. The van der Waals surface area contributed by atoms with E-state index in [0.717, 1.165) is 31.4 Å². The van der Waals surface area contributed by atoms with Gasteiger partial charge in [-0.25, -0.2) is 4.79 Å². The van der Waals surface area contributed by atoms with E-state index in [1.165, 1.54) is 0 Å². The molecule has 2 fully saturated rings. The Bertz CT molecular complexity index is 559. The fourth-order valence-corrected chi connectivity index (χ4v) is 3.58. The van der Waals surface area contributed by atoms with Crippen LogP contribution in [0.1, 0.15) is 37.9 Å². The molecule has 1 saturated heterocycles. The number of aryl methyl sites for hydroxylation is 1. The number of nitrogens with zero attached hydrogens (tertiary/aromatic N) is 4. The van der Waals surface area contributed by atoms with Gasteiger partial charge < -0.3 is 19.9 Å². The van der Waals surface area contributed by atoms with Crippen molar-refractivity contribution in [2.24, 2.45) is 0 Å². The van der Waals surface area contributed by atoms with Crippen LogP contribution in [0.3, 0.4) is 0 Å². The first-order chi connectivity index (χ1) is 11.6. The molecule has 1 N–H and O–H groups in total. The van der Waals surface area contributed by atoms with Crippen LogP contribution in [-0.4, -0.2) is 71.5 Å². The number of ether oxygens (including phenoxy) is 1. The number of hydrogen-bond acceptors (Lipinski definition) is 4. The maximum atomic E-state index is 12.6. The quantitative estimate of drug-likeness (QED) is 0.905. The van der Waals surface area contributed by atoms with Crippen molar-refractivity contribution < 1.29 is 9.53 Å². The van der Waals surface area contributed by atoms with E-state index >= 15 is 0 Å². The predicted octanol–water partition coefficient (Wildman–Crippen LogP) is 1.47. The smallest absolute Gasteiger partial charge is 0.317 e. The molecule has 1 saturated carbocycles. The molecule has 2 heterocycles. The van der Waals surface area contributed by atoms with Gasteiger partial charge in [-0.15, -0.1) is 0 Å². The molecule has 0 aromatic carbocycles. The molecular formula is C17H29N5O2. The Labute approximate surface area is 143 Å². The highest BCUT2D eigenvalue weighted by Gasteiger charge is 2.31. The van der Waals surface area contributed by atoms with Gasteiger partial charge in [0.25, 0.3) is 0 Å². The molecular weight excluding hydrogens is 306 g/mol. The SMILES string of the molecule is CCn1cc([C@@H]2CN(C(=O)N[C@H]3CC[C@H](N(C)C)C3)CCO2)cn1. The minimum Gasteiger partial charge on any atom is -0.370 e. The summed E-state index contributed by atoms with van der Waals surface area (Å²) in [6.45, 7) is 4.70. The van der Waals surface area contributed by atoms with Crippen molar-refractivity contribution in [2.75, 3.05) is 33.8 Å². The van der Waals surface area contributed by atoms with Gasteiger partial charge in [-0.3, -0.25) is 4.68 Å². The van der Waals surface area contributed by atoms with Crippen molar-refractivity contribution in [1.29, 1.82) is 0 Å². The summed E-state index contributed by atoms with van der Waals surface area (Å²) < 4.78 is 7.73. The molecule has 0 unspecified atom stereocenters. The Morgan fingerprint density at radius 3 is 2.96 bits per heavy atom. The van der Waals surface area contributed by atoms with Crippen molar-refractivity contribution in [1.82, 2.24) is 24.9 Å². The molecule has 1 aromatic rings. The van der Waals surface area contributed by atoms with Crippen molar-refractivity contribution in [3.8, 4) is 0 Å². The number of nitrogens with one attached hydrogen (secondary N) is 1. The lowest BCUT2D eigenvalue weighted by Gasteiger charge is -2.33. The molecule has 7 heteroatoms. The molecule has 3 atom stereocenters. The van der Waals surface area contributed by atoms with Crippen LogP contribution in [0.5, 0.6) is 0 Å². The summed E-state index contributed by atoms with van der Waals surface area (Å²) in [5.74, 6) is 0. The van der Waals surface area contributed by atoms with Crippen LogP contribution in [0.15, 0.2) is 12.4 Å². The van der Waals surface area contributed by atoms with Gasteiger partial charge in [0.2, 0.25) is 0 Å². The zero-order valence-electron chi connectivity index (χ0n) is 14.9. The average Bonchev–Trinajstić information content (AvgIpc) is 3.24. The second-order valence-corrected chi connectivity index (χ2v) is 7.01. The third-order valence-corrected chi connectivity index (χ3v) is 5.17. The molecule has 0 bridgehead atoms. The third-order valence-electron chi connectivity index (χ3n) is 5.17. The van der Waals surface area contributed by atoms with Crippen molar-refractivity contribution in [3.05, 3.63) is 18.0 Å². The van der Waals surface area contributed by atoms with E-state index in [4.69, 9.17) is 4.74 Å². The number of urea groups is 1. The molecule has 1 aromatic heterocycles. The summed E-state index contributed by atoms with van der Waals surface area (Å²) in [6, 6.07) is 0.900. The predicted molar refractivity (Wildman–Crippen MR) is 91.8 cm³/mol. The summed E-state index contributed by atoms with van der Waals surface area (Å²) >= 11 is 0. The van der Waals surface area contributed by atoms with E-state index < -0.39 is 0 Å². The Morgan fingerprint density at radius 2 is 2.29 bits per heavy atom. The molecule has 2 amide bonds. The number of carbonyl (C=O) groups is 1. The van der Waals surface area contributed by atoms with Gasteiger partial charge in [0.15, 0.2) is 0 Å². The normalized spacial score (nSPS) is 27.7. The number of rotatable bonds is 4. The Morgan fingerprint density at radius 1 is 1.46 bits per heavy atom. The van der Waals surface area contributed by atoms with Gasteiger partial charge in [0.05, 0.1) is 19.3 Å². The van der Waals surface area contributed by atoms with Gasteiger partial charge in [-0.05, 0) is 40.3 Å². The first-order valence-corrected chi connectivity index (χ1v) is 8.92. The van der Waals surface area contributed by atoms with E-state index in [9.17, 15) is 4.79 Å². The van der Waals surface area contributed by atoms with Crippen LogP contribution in [0, 0.1) is 0 Å². The van der Waals surface area contributed by atoms with Gasteiger partial charge >= 0.3 is 6.03 Å². The summed E-state index contributed by atoms with van der Waals surface area (Å²) in [7, 11) is 4.22. The van der Waals surface area contributed by atoms with Crippen LogP contribution in [-0.2, 0) is 11.3 Å². The monoisotopic (exact) mass is 335 g/mol. The number of hydrogen-bond donors (Lipinski definition) is 1. The van der Waals surface area contributed by atoms with Crippen LogP contribution >= 0.6 is 0 Å². The lowest BCUT2D eigenvalue weighted by atomic mass is 10.1. The minimum absolute atomic E-state index is 0.0376. The molecule has 0 radical (unpaired) electrons. The van der Waals surface area contributed by atoms with Gasteiger partial charge in [-0.2, -0.15) is 5.10 Å². The van der Waals surface area contributed by atoms with Crippen molar-refractivity contribution >= 4 is 6.03 Å². The van der Waals surface area contributed by atoms with Crippen LogP contribution < -0.4 is 5.32 Å². The highest BCUT2D eigenvalue weighted by Crippen LogP contribution is 2.24. The Kier molecular flexibility index (Phi) is 5.40. The Balaban J connectivity index is 1.53. The molecule has 2 aliphatic rings. The molecule has 24 heavy (non-hydrogen) atoms. The molecule has 1 aliphatic heterocycles. The van der Waals surface area contributed by atoms with E-state index in [2.05, 4.69) is 36.3 Å². The van der Waals surface area contributed by atoms with E-state index in [-0.39, 0.29) is 18.2 Å². The fraction of sp³-hybridized carbons (Fsp3) is 0.765. The van der Waals surface area contributed by atoms with E-state index in [0.29, 0.717) is 25.7 Å². The topological polar surface area (TPSA) is 62.6 Å². The lowest BCUT2D eigenvalue weighted by molar-refractivity contribution is -0.0158. The number of morpholine rings is 1. The van der Waals surface area contributed by atoms with Crippen LogP contribution in [0.2, 0.25) is 0 Å². The van der Waals surface area contributed by atoms with Gasteiger partial charge in [-0.1, -0.05) is 0 Å². The maximum absolute atomic E-state index is 12.6. The number of carbonyl (C=O) groups excluding carboxylic acids is 1. The summed E-state index contributed by atoms with van der Waals surface area (Å²) in [4.78, 5) is 16.7. The summed E-state index contributed by atoms with van der Waals surface area (Å²) in [6.07, 6.45) is 7.02. The van der Waals surface area contributed by atoms with E-state index in [1.807, 2.05) is 22.0 Å². The second kappa shape index (κ2) is 7.53. The second-order valence-electron chi connectivity index (χ2n) is 7.01. The highest BCUT2D eigenvalue weighted by atomic mass is 16.5. The van der Waals surface area contributed by atoms with Crippen molar-refractivity contribution in [2.45, 2.75) is 50.9 Å². The fourth-order valence-electron chi connectivity index (χ4n) is 3.58. The van der Waals surface area contributed by atoms with Crippen molar-refractivity contribution in [3.63, 3.8) is 0 Å². The summed E-state index contributed by atoms with van der Waals surface area (Å²) in [5, 5.41) is 7.51. The highest BCUT2D eigenvalue weighted by molar-refractivity contribution is 5.74. The molecule has 134 valence electrons. The third kappa shape index (κ3) is 3.89.